The van der Waals surface area contributed by atoms with E-state index in [0.29, 0.717) is 38.5 Å². The second-order valence-corrected chi connectivity index (χ2v) is 15.7. The number of carbonyl (C=O) groups excluding carboxylic acids is 3. The number of carbonyl (C=O) groups is 3. The summed E-state index contributed by atoms with van der Waals surface area (Å²) in [6, 6.07) is 4.27. The van der Waals surface area contributed by atoms with Gasteiger partial charge in [0.15, 0.2) is 0 Å². The first-order valence-corrected chi connectivity index (χ1v) is 17.9. The molecule has 0 spiro atoms. The molecule has 1 saturated heterocycles. The second-order valence-electron chi connectivity index (χ2n) is 15.7. The van der Waals surface area contributed by atoms with Crippen LogP contribution in [0.15, 0.2) is 24.3 Å². The Hall–Kier alpha value is -2.63. The Bertz CT molecular complexity index is 1400. The van der Waals surface area contributed by atoms with E-state index in [9.17, 15) is 34.8 Å². The number of aliphatic hydroxyl groups is 4. The minimum atomic E-state index is -1.74. The van der Waals surface area contributed by atoms with Crippen LogP contribution in [0.5, 0.6) is 0 Å². The van der Waals surface area contributed by atoms with Crippen molar-refractivity contribution in [1.82, 2.24) is 0 Å². The zero-order chi connectivity index (χ0) is 36.6. The number of esters is 2. The molecule has 2 fully saturated rings. The zero-order valence-corrected chi connectivity index (χ0v) is 30.5. The Morgan fingerprint density at radius 2 is 1.67 bits per heavy atom. The summed E-state index contributed by atoms with van der Waals surface area (Å²) >= 11 is 0. The fourth-order valence-corrected chi connectivity index (χ4v) is 8.75. The summed E-state index contributed by atoms with van der Waals surface area (Å²) in [6.07, 6.45) is -4.67. The van der Waals surface area contributed by atoms with Gasteiger partial charge in [0, 0.05) is 30.6 Å². The highest BCUT2D eigenvalue weighted by atomic mass is 16.7. The number of aliphatic hydroxyl groups excluding tert-OH is 4. The molecule has 10 atom stereocenters. The van der Waals surface area contributed by atoms with Gasteiger partial charge in [-0.3, -0.25) is 14.4 Å². The standard InChI is InChI=1S/C39H58O10/c1-20(2)22(5)10-12-27(36(46)49-37-35(45)34(44)33(43)31(19-40)48-37)32-30(47-24(7)41)18-39(9)28-14-11-23(6)25(13-15-29(42)21(3)4)26(28)16-17-38(32,39)8/h11,14,20-21,27,30-35,37,40,43-45H,5,10,12-13,15-19H2,1-4,6-9H3/t27-,30-,31-,32+,33-,34+,35-,37+,38-,39+/m1/s1. The van der Waals surface area contributed by atoms with E-state index in [1.165, 1.54) is 18.1 Å². The molecule has 1 aromatic rings. The van der Waals surface area contributed by atoms with E-state index in [1.54, 1.807) is 0 Å². The van der Waals surface area contributed by atoms with Gasteiger partial charge >= 0.3 is 11.9 Å². The van der Waals surface area contributed by atoms with Crippen molar-refractivity contribution in [2.24, 2.45) is 29.1 Å². The van der Waals surface area contributed by atoms with E-state index in [2.05, 4.69) is 39.5 Å². The normalized spacial score (nSPS) is 33.1. The lowest BCUT2D eigenvalue weighted by atomic mass is 9.52. The van der Waals surface area contributed by atoms with Crippen molar-refractivity contribution in [3.63, 3.8) is 0 Å². The van der Waals surface area contributed by atoms with Crippen LogP contribution in [0.25, 0.3) is 0 Å². The molecule has 2 aliphatic carbocycles. The molecule has 1 heterocycles. The molecule has 4 rings (SSSR count). The topological polar surface area (TPSA) is 160 Å². The number of Topliss-reactive ketones (excluding diaryl/α,β-unsaturated/α-hetero) is 1. The van der Waals surface area contributed by atoms with Crippen molar-refractivity contribution in [2.75, 3.05) is 6.61 Å². The molecule has 0 unspecified atom stereocenters. The Balaban J connectivity index is 1.78. The third kappa shape index (κ3) is 7.54. The van der Waals surface area contributed by atoms with E-state index in [4.69, 9.17) is 14.2 Å². The first-order valence-electron chi connectivity index (χ1n) is 17.9. The summed E-state index contributed by atoms with van der Waals surface area (Å²) in [5.74, 6) is -2.08. The van der Waals surface area contributed by atoms with E-state index in [-0.39, 0.29) is 17.6 Å². The van der Waals surface area contributed by atoms with Gasteiger partial charge < -0.3 is 34.6 Å². The molecule has 49 heavy (non-hydrogen) atoms. The number of ether oxygens (including phenoxy) is 3. The monoisotopic (exact) mass is 686 g/mol. The number of benzene rings is 1. The number of allylic oxidation sites excluding steroid dienone is 1. The summed E-state index contributed by atoms with van der Waals surface area (Å²) in [4.78, 5) is 39.7. The molecular weight excluding hydrogens is 628 g/mol. The first kappa shape index (κ1) is 39.2. The first-order chi connectivity index (χ1) is 22.9. The van der Waals surface area contributed by atoms with E-state index >= 15 is 0 Å². The van der Waals surface area contributed by atoms with Crippen LogP contribution in [0.2, 0.25) is 0 Å². The zero-order valence-electron chi connectivity index (χ0n) is 30.5. The number of hydrogen-bond acceptors (Lipinski definition) is 10. The Labute approximate surface area is 291 Å². The summed E-state index contributed by atoms with van der Waals surface area (Å²) in [6.45, 7) is 19.3. The van der Waals surface area contributed by atoms with Crippen molar-refractivity contribution in [2.45, 2.75) is 143 Å². The van der Waals surface area contributed by atoms with Crippen LogP contribution in [0.1, 0.15) is 103 Å². The van der Waals surface area contributed by atoms with Crippen molar-refractivity contribution in [3.05, 3.63) is 46.5 Å². The molecule has 4 N–H and O–H groups in total. The molecule has 0 amide bonds. The van der Waals surface area contributed by atoms with Crippen LogP contribution < -0.4 is 0 Å². The summed E-state index contributed by atoms with van der Waals surface area (Å²) in [7, 11) is 0. The molecule has 1 saturated carbocycles. The van der Waals surface area contributed by atoms with Crippen LogP contribution in [0.4, 0.5) is 0 Å². The van der Waals surface area contributed by atoms with Gasteiger partial charge in [0.2, 0.25) is 6.29 Å². The lowest BCUT2D eigenvalue weighted by Gasteiger charge is -2.51. The molecular formula is C39H58O10. The Morgan fingerprint density at radius 1 is 1.00 bits per heavy atom. The van der Waals surface area contributed by atoms with Gasteiger partial charge in [-0.15, -0.1) is 0 Å². The van der Waals surface area contributed by atoms with Crippen molar-refractivity contribution >= 4 is 17.7 Å². The Morgan fingerprint density at radius 3 is 2.27 bits per heavy atom. The van der Waals surface area contributed by atoms with Crippen molar-refractivity contribution < 1.29 is 49.0 Å². The van der Waals surface area contributed by atoms with Gasteiger partial charge in [0.1, 0.15) is 36.3 Å². The molecule has 0 bridgehead atoms. The summed E-state index contributed by atoms with van der Waals surface area (Å²) in [5, 5.41) is 41.1. The highest BCUT2D eigenvalue weighted by Gasteiger charge is 2.65. The minimum Gasteiger partial charge on any atom is -0.462 e. The fraction of sp³-hybridized carbons (Fsp3) is 0.718. The molecule has 1 aromatic carbocycles. The van der Waals surface area contributed by atoms with E-state index in [1.807, 2.05) is 27.7 Å². The predicted molar refractivity (Wildman–Crippen MR) is 183 cm³/mol. The number of rotatable bonds is 13. The van der Waals surface area contributed by atoms with Crippen LogP contribution in [0.3, 0.4) is 0 Å². The van der Waals surface area contributed by atoms with Crippen LogP contribution in [0, 0.1) is 36.0 Å². The smallest absolute Gasteiger partial charge is 0.311 e. The lowest BCUT2D eigenvalue weighted by molar-refractivity contribution is -0.294. The lowest BCUT2D eigenvalue weighted by Crippen LogP contribution is -2.60. The van der Waals surface area contributed by atoms with E-state index in [0.717, 1.165) is 23.1 Å². The molecule has 1 aliphatic heterocycles. The molecule has 274 valence electrons. The Kier molecular flexibility index (Phi) is 12.2. The van der Waals surface area contributed by atoms with Gasteiger partial charge in [-0.1, -0.05) is 65.8 Å². The number of ketones is 1. The van der Waals surface area contributed by atoms with Gasteiger partial charge in [-0.25, -0.2) is 0 Å². The third-order valence-electron chi connectivity index (χ3n) is 12.2. The molecule has 0 aromatic heterocycles. The van der Waals surface area contributed by atoms with E-state index < -0.39 is 78.0 Å². The van der Waals surface area contributed by atoms with Crippen LogP contribution in [-0.4, -0.2) is 81.6 Å². The maximum absolute atomic E-state index is 14.4. The molecule has 10 nitrogen and oxygen atoms in total. The van der Waals surface area contributed by atoms with Gasteiger partial charge in [-0.05, 0) is 79.0 Å². The minimum absolute atomic E-state index is 0.0350. The van der Waals surface area contributed by atoms with Gasteiger partial charge in [0.05, 0.1) is 12.5 Å². The molecule has 10 heteroatoms. The van der Waals surface area contributed by atoms with Crippen molar-refractivity contribution in [1.29, 1.82) is 0 Å². The fourth-order valence-electron chi connectivity index (χ4n) is 8.75. The van der Waals surface area contributed by atoms with Crippen molar-refractivity contribution in [3.8, 4) is 0 Å². The largest absolute Gasteiger partial charge is 0.462 e. The highest BCUT2D eigenvalue weighted by Crippen LogP contribution is 2.65. The number of fused-ring (bicyclic) bond motifs is 3. The number of hydrogen-bond donors (Lipinski definition) is 4. The summed E-state index contributed by atoms with van der Waals surface area (Å²) < 4.78 is 17.5. The maximum Gasteiger partial charge on any atom is 0.311 e. The second kappa shape index (κ2) is 15.3. The molecule has 0 radical (unpaired) electrons. The average molecular weight is 687 g/mol. The predicted octanol–water partition coefficient (Wildman–Crippen LogP) is 4.27. The quantitative estimate of drug-likeness (QED) is 0.174. The third-order valence-corrected chi connectivity index (χ3v) is 12.2. The molecule has 3 aliphatic rings. The summed E-state index contributed by atoms with van der Waals surface area (Å²) in [5.41, 5.74) is 4.60. The van der Waals surface area contributed by atoms with Crippen LogP contribution >= 0.6 is 0 Å². The number of aryl methyl sites for hydroxylation is 1. The average Bonchev–Trinajstić information content (AvgIpc) is 3.25. The van der Waals surface area contributed by atoms with Gasteiger partial charge in [-0.2, -0.15) is 0 Å². The highest BCUT2D eigenvalue weighted by molar-refractivity contribution is 5.80. The van der Waals surface area contributed by atoms with Crippen LogP contribution in [-0.2, 0) is 46.9 Å². The maximum atomic E-state index is 14.4. The SMILES string of the molecule is C=C(CC[C@@H](C(=O)O[C@@H]1O[C@H](CO)[C@@H](O)[C@H](O)[C@H]1O)[C@H]1[C@H](OC(C)=O)C[C@@]2(C)c3ccc(C)c(CCC(=O)C(C)C)c3CC[C@]12C)C(C)C. The van der Waals surface area contributed by atoms with Gasteiger partial charge in [0.25, 0.3) is 0 Å².